The van der Waals surface area contributed by atoms with Crippen LogP contribution >= 0.6 is 15.9 Å². The average molecular weight is 266 g/mol. The number of halogens is 1. The van der Waals surface area contributed by atoms with E-state index < -0.39 is 0 Å². The van der Waals surface area contributed by atoms with E-state index in [0.29, 0.717) is 10.3 Å². The van der Waals surface area contributed by atoms with Gasteiger partial charge in [0, 0.05) is 24.2 Å². The van der Waals surface area contributed by atoms with Crippen molar-refractivity contribution in [3.05, 3.63) is 45.0 Å². The van der Waals surface area contributed by atoms with Crippen molar-refractivity contribution in [2.24, 2.45) is 0 Å². The summed E-state index contributed by atoms with van der Waals surface area (Å²) in [6, 6.07) is 1.82. The van der Waals surface area contributed by atoms with E-state index in [1.54, 1.807) is 12.4 Å². The number of hydrogen-bond acceptors (Lipinski definition) is 3. The first-order chi connectivity index (χ1) is 7.18. The summed E-state index contributed by atoms with van der Waals surface area (Å²) in [5.41, 5.74) is 1.67. The van der Waals surface area contributed by atoms with Crippen molar-refractivity contribution in [1.82, 2.24) is 15.0 Å². The summed E-state index contributed by atoms with van der Waals surface area (Å²) in [5, 5.41) is 0. The third-order valence-corrected chi connectivity index (χ3v) is 2.60. The van der Waals surface area contributed by atoms with Gasteiger partial charge in [0.25, 0.3) is 5.56 Å². The Bertz CT molecular complexity index is 550. The first-order valence-corrected chi connectivity index (χ1v) is 5.13. The molecule has 2 heterocycles. The third-order valence-electron chi connectivity index (χ3n) is 2.03. The molecule has 0 fully saturated rings. The molecule has 0 spiro atoms. The van der Waals surface area contributed by atoms with E-state index >= 15 is 0 Å². The topological polar surface area (TPSA) is 58.6 Å². The van der Waals surface area contributed by atoms with Gasteiger partial charge in [-0.15, -0.1) is 0 Å². The number of nitrogens with one attached hydrogen (secondary N) is 1. The lowest BCUT2D eigenvalue weighted by molar-refractivity contribution is 1.10. The van der Waals surface area contributed by atoms with Crippen LogP contribution in [-0.4, -0.2) is 15.0 Å². The molecular formula is C10H8BrN3O. The van der Waals surface area contributed by atoms with Crippen LogP contribution in [0, 0.1) is 6.92 Å². The highest BCUT2D eigenvalue weighted by Gasteiger charge is 2.04. The zero-order chi connectivity index (χ0) is 10.8. The molecular weight excluding hydrogens is 258 g/mol. The summed E-state index contributed by atoms with van der Waals surface area (Å²) in [7, 11) is 0. The van der Waals surface area contributed by atoms with Gasteiger partial charge < -0.3 is 4.98 Å². The highest BCUT2D eigenvalue weighted by Crippen LogP contribution is 2.16. The van der Waals surface area contributed by atoms with Crippen molar-refractivity contribution in [2.75, 3.05) is 0 Å². The summed E-state index contributed by atoms with van der Waals surface area (Å²) in [4.78, 5) is 22.2. The van der Waals surface area contributed by atoms with E-state index in [0.717, 1.165) is 11.1 Å². The quantitative estimate of drug-likeness (QED) is 0.857. The maximum absolute atomic E-state index is 11.4. The predicted molar refractivity (Wildman–Crippen MR) is 60.5 cm³/mol. The first-order valence-electron chi connectivity index (χ1n) is 4.34. The van der Waals surface area contributed by atoms with Crippen molar-refractivity contribution >= 4 is 15.9 Å². The Kier molecular flexibility index (Phi) is 2.64. The highest BCUT2D eigenvalue weighted by molar-refractivity contribution is 9.10. The van der Waals surface area contributed by atoms with Crippen molar-refractivity contribution in [3.8, 4) is 11.4 Å². The molecule has 0 bridgehead atoms. The Morgan fingerprint density at radius 3 is 2.87 bits per heavy atom. The molecule has 0 saturated carbocycles. The molecule has 0 atom stereocenters. The van der Waals surface area contributed by atoms with E-state index in [-0.39, 0.29) is 5.56 Å². The fourth-order valence-electron chi connectivity index (χ4n) is 1.26. The largest absolute Gasteiger partial charge is 0.306 e. The second-order valence-corrected chi connectivity index (χ2v) is 3.95. The van der Waals surface area contributed by atoms with Crippen LogP contribution in [0.1, 0.15) is 5.56 Å². The molecule has 1 N–H and O–H groups in total. The molecule has 5 heteroatoms. The van der Waals surface area contributed by atoms with Gasteiger partial charge in [-0.25, -0.2) is 4.98 Å². The minimum Gasteiger partial charge on any atom is -0.306 e. The predicted octanol–water partition coefficient (Wildman–Crippen LogP) is 1.90. The molecule has 0 unspecified atom stereocenters. The van der Waals surface area contributed by atoms with Crippen LogP contribution < -0.4 is 5.56 Å². The summed E-state index contributed by atoms with van der Waals surface area (Å²) < 4.78 is 0.429. The zero-order valence-corrected chi connectivity index (χ0v) is 9.58. The molecule has 0 radical (unpaired) electrons. The van der Waals surface area contributed by atoms with E-state index in [1.165, 1.54) is 6.20 Å². The molecule has 2 aromatic rings. The maximum atomic E-state index is 11.4. The Morgan fingerprint density at radius 1 is 1.40 bits per heavy atom. The molecule has 0 amide bonds. The normalized spacial score (nSPS) is 10.3. The molecule has 0 aliphatic rings. The molecule has 0 saturated heterocycles. The van der Waals surface area contributed by atoms with Crippen molar-refractivity contribution in [2.45, 2.75) is 6.92 Å². The smallest absolute Gasteiger partial charge is 0.265 e. The Labute approximate surface area is 94.5 Å². The number of hydrogen-bond donors (Lipinski definition) is 1. The molecule has 76 valence electrons. The van der Waals surface area contributed by atoms with Gasteiger partial charge in [-0.3, -0.25) is 9.78 Å². The Morgan fingerprint density at radius 2 is 2.20 bits per heavy atom. The number of aromatic amines is 1. The fraction of sp³-hybridized carbons (Fsp3) is 0.100. The lowest BCUT2D eigenvalue weighted by atomic mass is 10.1. The van der Waals surface area contributed by atoms with Crippen LogP contribution in [0.25, 0.3) is 11.4 Å². The van der Waals surface area contributed by atoms with Gasteiger partial charge in [0.1, 0.15) is 10.3 Å². The fourth-order valence-corrected chi connectivity index (χ4v) is 1.46. The second-order valence-electron chi connectivity index (χ2n) is 3.10. The molecule has 4 nitrogen and oxygen atoms in total. The van der Waals surface area contributed by atoms with E-state index in [9.17, 15) is 4.79 Å². The monoisotopic (exact) mass is 265 g/mol. The summed E-state index contributed by atoms with van der Waals surface area (Å²) in [5.74, 6) is 0.558. The number of aromatic nitrogens is 3. The van der Waals surface area contributed by atoms with Crippen LogP contribution in [0.15, 0.2) is 33.9 Å². The lowest BCUT2D eigenvalue weighted by Crippen LogP contribution is -2.09. The third kappa shape index (κ3) is 1.97. The highest BCUT2D eigenvalue weighted by atomic mass is 79.9. The Balaban J connectivity index is 2.60. The van der Waals surface area contributed by atoms with Crippen molar-refractivity contribution in [1.29, 1.82) is 0 Å². The second kappa shape index (κ2) is 3.94. The lowest BCUT2D eigenvalue weighted by Gasteiger charge is -2.03. The summed E-state index contributed by atoms with van der Waals surface area (Å²) >= 11 is 3.10. The van der Waals surface area contributed by atoms with Crippen molar-refractivity contribution in [3.63, 3.8) is 0 Å². The minimum absolute atomic E-state index is 0.184. The molecule has 15 heavy (non-hydrogen) atoms. The SMILES string of the molecule is Cc1cnccc1-c1ncc(Br)c(=O)[nH]1. The van der Waals surface area contributed by atoms with Gasteiger partial charge in [0.05, 0.1) is 0 Å². The molecule has 2 aromatic heterocycles. The van der Waals surface area contributed by atoms with Gasteiger partial charge in [-0.1, -0.05) is 0 Å². The van der Waals surface area contributed by atoms with Crippen LogP contribution in [0.4, 0.5) is 0 Å². The van der Waals surface area contributed by atoms with E-state index in [1.807, 2.05) is 13.0 Å². The molecule has 0 aromatic carbocycles. The van der Waals surface area contributed by atoms with E-state index in [2.05, 4.69) is 30.9 Å². The minimum atomic E-state index is -0.184. The van der Waals surface area contributed by atoms with Crippen LogP contribution in [0.5, 0.6) is 0 Å². The van der Waals surface area contributed by atoms with Gasteiger partial charge in [-0.2, -0.15) is 0 Å². The van der Waals surface area contributed by atoms with Gasteiger partial charge in [-0.05, 0) is 34.5 Å². The van der Waals surface area contributed by atoms with Crippen LogP contribution in [0.2, 0.25) is 0 Å². The molecule has 2 rings (SSSR count). The summed E-state index contributed by atoms with van der Waals surface area (Å²) in [6.07, 6.45) is 4.90. The van der Waals surface area contributed by atoms with Crippen molar-refractivity contribution < 1.29 is 0 Å². The van der Waals surface area contributed by atoms with Gasteiger partial charge in [0.2, 0.25) is 0 Å². The number of pyridine rings is 1. The van der Waals surface area contributed by atoms with E-state index in [4.69, 9.17) is 0 Å². The first kappa shape index (κ1) is 10.0. The molecule has 0 aliphatic carbocycles. The molecule has 0 aliphatic heterocycles. The standard InChI is InChI=1S/C10H8BrN3O/c1-6-4-12-3-2-7(6)9-13-5-8(11)10(15)14-9/h2-5H,1H3,(H,13,14,15). The zero-order valence-electron chi connectivity index (χ0n) is 7.99. The summed E-state index contributed by atoms with van der Waals surface area (Å²) in [6.45, 7) is 1.92. The van der Waals surface area contributed by atoms with Gasteiger partial charge >= 0.3 is 0 Å². The van der Waals surface area contributed by atoms with Crippen LogP contribution in [0.3, 0.4) is 0 Å². The number of nitrogens with zero attached hydrogens (tertiary/aromatic N) is 2. The maximum Gasteiger partial charge on any atom is 0.265 e. The number of H-pyrrole nitrogens is 1. The Hall–Kier alpha value is -1.49. The number of aryl methyl sites for hydroxylation is 1. The average Bonchev–Trinajstić information content (AvgIpc) is 2.23. The number of rotatable bonds is 1. The van der Waals surface area contributed by atoms with Crippen LogP contribution in [-0.2, 0) is 0 Å². The van der Waals surface area contributed by atoms with Gasteiger partial charge in [0.15, 0.2) is 0 Å².